The highest BCUT2D eigenvalue weighted by Crippen LogP contribution is 2.32. The van der Waals surface area contributed by atoms with Crippen molar-refractivity contribution in [2.45, 2.75) is 25.6 Å². The molecule has 102 valence electrons. The van der Waals surface area contributed by atoms with Gasteiger partial charge in [0.05, 0.1) is 23.6 Å². The molecular weight excluding hydrogens is 257 g/mol. The van der Waals surface area contributed by atoms with E-state index in [4.69, 9.17) is 5.26 Å². The summed E-state index contributed by atoms with van der Waals surface area (Å²) < 4.78 is 38.4. The first-order valence-electron chi connectivity index (χ1n) is 5.59. The summed E-state index contributed by atoms with van der Waals surface area (Å²) in [6.45, 7) is 1.61. The van der Waals surface area contributed by atoms with Crippen molar-refractivity contribution in [3.8, 4) is 6.07 Å². The molecule has 1 aromatic rings. The summed E-state index contributed by atoms with van der Waals surface area (Å²) in [6.07, 6.45) is -4.51. The van der Waals surface area contributed by atoms with E-state index in [1.54, 1.807) is 6.92 Å². The average molecular weight is 270 g/mol. The number of nitrogens with zero attached hydrogens (tertiary/aromatic N) is 2. The molecule has 0 bridgehead atoms. The van der Waals surface area contributed by atoms with Gasteiger partial charge in [-0.25, -0.2) is 0 Å². The molecule has 1 atom stereocenters. The highest BCUT2D eigenvalue weighted by molar-refractivity contribution is 5.95. The van der Waals surface area contributed by atoms with Crippen LogP contribution in [0.4, 0.5) is 13.2 Å². The SMILES string of the molecule is CC(CC#N)N(C)C(=O)c1ccccc1C(F)(F)F. The van der Waals surface area contributed by atoms with E-state index in [2.05, 4.69) is 0 Å². The molecule has 3 nitrogen and oxygen atoms in total. The van der Waals surface area contributed by atoms with E-state index in [0.29, 0.717) is 0 Å². The summed E-state index contributed by atoms with van der Waals surface area (Å²) in [5.41, 5.74) is -1.36. The molecule has 6 heteroatoms. The van der Waals surface area contributed by atoms with E-state index in [1.807, 2.05) is 6.07 Å². The highest BCUT2D eigenvalue weighted by atomic mass is 19.4. The zero-order valence-corrected chi connectivity index (χ0v) is 10.5. The summed E-state index contributed by atoms with van der Waals surface area (Å²) in [5.74, 6) is -0.740. The van der Waals surface area contributed by atoms with Crippen LogP contribution in [0.15, 0.2) is 24.3 Å². The van der Waals surface area contributed by atoms with Gasteiger partial charge in [0.25, 0.3) is 5.91 Å². The lowest BCUT2D eigenvalue weighted by Crippen LogP contribution is -2.35. The van der Waals surface area contributed by atoms with Gasteiger partial charge in [0, 0.05) is 13.1 Å². The molecule has 1 aromatic carbocycles. The first-order valence-corrected chi connectivity index (χ1v) is 5.59. The Hall–Kier alpha value is -2.03. The number of hydrogen-bond donors (Lipinski definition) is 0. The van der Waals surface area contributed by atoms with Crippen LogP contribution in [0, 0.1) is 11.3 Å². The maximum Gasteiger partial charge on any atom is 0.417 e. The van der Waals surface area contributed by atoms with Gasteiger partial charge in [0.1, 0.15) is 0 Å². The number of alkyl halides is 3. The van der Waals surface area contributed by atoms with Crippen molar-refractivity contribution >= 4 is 5.91 Å². The summed E-state index contributed by atoms with van der Waals surface area (Å²) in [7, 11) is 1.39. The number of amides is 1. The molecule has 0 saturated carbocycles. The van der Waals surface area contributed by atoms with Crippen LogP contribution < -0.4 is 0 Å². The molecule has 19 heavy (non-hydrogen) atoms. The molecule has 0 aromatic heterocycles. The van der Waals surface area contributed by atoms with Gasteiger partial charge in [-0.05, 0) is 19.1 Å². The summed E-state index contributed by atoms with van der Waals surface area (Å²) in [6, 6.07) is 6.06. The summed E-state index contributed by atoms with van der Waals surface area (Å²) in [4.78, 5) is 13.2. The molecule has 0 spiro atoms. The average Bonchev–Trinajstić information content (AvgIpc) is 2.36. The quantitative estimate of drug-likeness (QED) is 0.847. The Morgan fingerprint density at radius 1 is 1.42 bits per heavy atom. The van der Waals surface area contributed by atoms with E-state index in [9.17, 15) is 18.0 Å². The van der Waals surface area contributed by atoms with Crippen molar-refractivity contribution in [3.63, 3.8) is 0 Å². The van der Waals surface area contributed by atoms with Crippen LogP contribution in [0.2, 0.25) is 0 Å². The number of hydrogen-bond acceptors (Lipinski definition) is 2. The Balaban J connectivity index is 3.11. The number of nitriles is 1. The minimum Gasteiger partial charge on any atom is -0.338 e. The maximum atomic E-state index is 12.8. The van der Waals surface area contributed by atoms with Gasteiger partial charge in [-0.3, -0.25) is 4.79 Å². The largest absolute Gasteiger partial charge is 0.417 e. The molecule has 0 heterocycles. The smallest absolute Gasteiger partial charge is 0.338 e. The molecular formula is C13H13F3N2O. The van der Waals surface area contributed by atoms with Gasteiger partial charge in [-0.15, -0.1) is 0 Å². The molecule has 0 aliphatic heterocycles. The van der Waals surface area contributed by atoms with E-state index in [-0.39, 0.29) is 6.42 Å². The molecule has 1 unspecified atom stereocenters. The van der Waals surface area contributed by atoms with Crippen LogP contribution in [0.25, 0.3) is 0 Å². The molecule has 0 aliphatic carbocycles. The molecule has 1 rings (SSSR count). The monoisotopic (exact) mass is 270 g/mol. The predicted octanol–water partition coefficient (Wildman–Crippen LogP) is 3.08. The molecule has 0 radical (unpaired) electrons. The second kappa shape index (κ2) is 5.74. The summed E-state index contributed by atoms with van der Waals surface area (Å²) in [5, 5.41) is 8.55. The number of rotatable bonds is 3. The van der Waals surface area contributed by atoms with Crippen LogP contribution in [0.3, 0.4) is 0 Å². The summed E-state index contributed by atoms with van der Waals surface area (Å²) >= 11 is 0. The van der Waals surface area contributed by atoms with Gasteiger partial charge in [0.2, 0.25) is 0 Å². The van der Waals surface area contributed by atoms with Crippen LogP contribution in [0.5, 0.6) is 0 Å². The van der Waals surface area contributed by atoms with Crippen LogP contribution in [0.1, 0.15) is 29.3 Å². The van der Waals surface area contributed by atoms with Crippen molar-refractivity contribution in [1.82, 2.24) is 4.90 Å². The van der Waals surface area contributed by atoms with E-state index in [0.717, 1.165) is 17.0 Å². The lowest BCUT2D eigenvalue weighted by molar-refractivity contribution is -0.138. The van der Waals surface area contributed by atoms with Gasteiger partial charge in [-0.1, -0.05) is 12.1 Å². The standard InChI is InChI=1S/C13H13F3N2O/c1-9(7-8-17)18(2)12(19)10-5-3-4-6-11(10)13(14,15)16/h3-6,9H,7H2,1-2H3. The lowest BCUT2D eigenvalue weighted by atomic mass is 10.0. The third-order valence-corrected chi connectivity index (χ3v) is 2.83. The van der Waals surface area contributed by atoms with Crippen LogP contribution >= 0.6 is 0 Å². The normalized spacial score (nSPS) is 12.6. The zero-order chi connectivity index (χ0) is 14.6. The van der Waals surface area contributed by atoms with Crippen molar-refractivity contribution < 1.29 is 18.0 Å². The lowest BCUT2D eigenvalue weighted by Gasteiger charge is -2.24. The van der Waals surface area contributed by atoms with Crippen LogP contribution in [-0.2, 0) is 6.18 Å². The van der Waals surface area contributed by atoms with Crippen molar-refractivity contribution in [2.75, 3.05) is 7.05 Å². The molecule has 0 aliphatic rings. The fraction of sp³-hybridized carbons (Fsp3) is 0.385. The third-order valence-electron chi connectivity index (χ3n) is 2.83. The third kappa shape index (κ3) is 3.47. The van der Waals surface area contributed by atoms with Gasteiger partial charge in [0.15, 0.2) is 0 Å². The second-order valence-electron chi connectivity index (χ2n) is 4.17. The van der Waals surface area contributed by atoms with Crippen LogP contribution in [-0.4, -0.2) is 23.9 Å². The van der Waals surface area contributed by atoms with Crippen molar-refractivity contribution in [3.05, 3.63) is 35.4 Å². The number of benzene rings is 1. The number of halogens is 3. The molecule has 0 fully saturated rings. The zero-order valence-electron chi connectivity index (χ0n) is 10.5. The Bertz CT molecular complexity index is 505. The first kappa shape index (κ1) is 15.0. The highest BCUT2D eigenvalue weighted by Gasteiger charge is 2.35. The second-order valence-corrected chi connectivity index (χ2v) is 4.17. The van der Waals surface area contributed by atoms with Gasteiger partial charge >= 0.3 is 6.18 Å². The van der Waals surface area contributed by atoms with Gasteiger partial charge < -0.3 is 4.90 Å². The first-order chi connectivity index (χ1) is 8.79. The predicted molar refractivity (Wildman–Crippen MR) is 63.2 cm³/mol. The minimum absolute atomic E-state index is 0.0659. The van der Waals surface area contributed by atoms with Crippen molar-refractivity contribution in [2.24, 2.45) is 0 Å². The fourth-order valence-electron chi connectivity index (χ4n) is 1.58. The van der Waals surface area contributed by atoms with E-state index in [1.165, 1.54) is 19.2 Å². The Morgan fingerprint density at radius 3 is 2.53 bits per heavy atom. The fourth-order valence-corrected chi connectivity index (χ4v) is 1.58. The van der Waals surface area contributed by atoms with Gasteiger partial charge in [-0.2, -0.15) is 18.4 Å². The maximum absolute atomic E-state index is 12.8. The number of carbonyl (C=O) groups excluding carboxylic acids is 1. The Morgan fingerprint density at radius 2 is 2.00 bits per heavy atom. The van der Waals surface area contributed by atoms with E-state index < -0.39 is 29.3 Å². The number of carbonyl (C=O) groups is 1. The Labute approximate surface area is 109 Å². The van der Waals surface area contributed by atoms with E-state index >= 15 is 0 Å². The molecule has 0 saturated heterocycles. The molecule has 0 N–H and O–H groups in total. The van der Waals surface area contributed by atoms with Crippen molar-refractivity contribution in [1.29, 1.82) is 5.26 Å². The Kier molecular flexibility index (Phi) is 4.54. The topological polar surface area (TPSA) is 44.1 Å². The molecule has 1 amide bonds. The minimum atomic E-state index is -4.58.